The van der Waals surface area contributed by atoms with Crippen molar-refractivity contribution in [2.24, 2.45) is 5.92 Å². The second kappa shape index (κ2) is 6.82. The van der Waals surface area contributed by atoms with Crippen molar-refractivity contribution in [3.8, 4) is 0 Å². The third kappa shape index (κ3) is 4.14. The minimum atomic E-state index is -0.737. The number of carbonyl (C=O) groups is 1. The minimum Gasteiger partial charge on any atom is -0.349 e. The van der Waals surface area contributed by atoms with Crippen LogP contribution in [0.2, 0.25) is 0 Å². The summed E-state index contributed by atoms with van der Waals surface area (Å²) in [7, 11) is 0. The average Bonchev–Trinajstić information content (AvgIpc) is 2.31. The number of rotatable bonds is 2. The molecule has 0 radical (unpaired) electrons. The predicted molar refractivity (Wildman–Crippen MR) is 71.5 cm³/mol. The Bertz CT molecular complexity index is 436. The minimum absolute atomic E-state index is 0. The molecule has 1 saturated heterocycles. The van der Waals surface area contributed by atoms with Gasteiger partial charge in [0, 0.05) is 17.7 Å². The molecule has 6 heteroatoms. The highest BCUT2D eigenvalue weighted by Crippen LogP contribution is 2.13. The largest absolute Gasteiger partial charge is 0.349 e. The molecule has 0 spiro atoms. The molecule has 0 aromatic heterocycles. The molecule has 1 fully saturated rings. The van der Waals surface area contributed by atoms with Crippen molar-refractivity contribution < 1.29 is 13.6 Å². The molecule has 19 heavy (non-hydrogen) atoms. The van der Waals surface area contributed by atoms with Crippen LogP contribution in [0, 0.1) is 17.6 Å². The second-order valence-electron chi connectivity index (χ2n) is 4.71. The van der Waals surface area contributed by atoms with Gasteiger partial charge in [0.25, 0.3) is 5.91 Å². The smallest absolute Gasteiger partial charge is 0.251 e. The normalized spacial score (nSPS) is 22.5. The summed E-state index contributed by atoms with van der Waals surface area (Å²) in [6.45, 7) is 3.71. The Morgan fingerprint density at radius 3 is 2.53 bits per heavy atom. The van der Waals surface area contributed by atoms with Crippen LogP contribution in [0.15, 0.2) is 18.2 Å². The fourth-order valence-corrected chi connectivity index (χ4v) is 2.17. The lowest BCUT2D eigenvalue weighted by Crippen LogP contribution is -2.48. The maximum atomic E-state index is 13.0. The van der Waals surface area contributed by atoms with E-state index in [1.54, 1.807) is 0 Å². The zero-order chi connectivity index (χ0) is 13.1. The van der Waals surface area contributed by atoms with Crippen LogP contribution in [0.3, 0.4) is 0 Å². The van der Waals surface area contributed by atoms with Gasteiger partial charge in [-0.25, -0.2) is 8.78 Å². The molecule has 0 bridgehead atoms. The molecule has 3 nitrogen and oxygen atoms in total. The highest BCUT2D eigenvalue weighted by atomic mass is 35.5. The van der Waals surface area contributed by atoms with E-state index < -0.39 is 17.5 Å². The predicted octanol–water partition coefficient (Wildman–Crippen LogP) is 2.11. The van der Waals surface area contributed by atoms with E-state index in [1.165, 1.54) is 0 Å². The van der Waals surface area contributed by atoms with E-state index in [9.17, 15) is 13.6 Å². The van der Waals surface area contributed by atoms with Crippen molar-refractivity contribution >= 4 is 18.3 Å². The van der Waals surface area contributed by atoms with Gasteiger partial charge in [-0.3, -0.25) is 4.79 Å². The first-order valence-electron chi connectivity index (χ1n) is 6.04. The first kappa shape index (κ1) is 15.9. The molecular formula is C13H17ClF2N2O. The molecule has 0 saturated carbocycles. The maximum absolute atomic E-state index is 13.0. The van der Waals surface area contributed by atoms with Gasteiger partial charge in [0.2, 0.25) is 0 Å². The quantitative estimate of drug-likeness (QED) is 0.876. The van der Waals surface area contributed by atoms with Crippen molar-refractivity contribution in [3.05, 3.63) is 35.4 Å². The van der Waals surface area contributed by atoms with E-state index in [0.29, 0.717) is 5.92 Å². The van der Waals surface area contributed by atoms with Gasteiger partial charge < -0.3 is 10.6 Å². The number of benzene rings is 1. The SMILES string of the molecule is CC1CNCCC1NC(=O)c1cc(F)cc(F)c1.Cl. The maximum Gasteiger partial charge on any atom is 0.251 e. The average molecular weight is 291 g/mol. The summed E-state index contributed by atoms with van der Waals surface area (Å²) in [6, 6.07) is 2.89. The zero-order valence-corrected chi connectivity index (χ0v) is 11.4. The van der Waals surface area contributed by atoms with Crippen molar-refractivity contribution in [3.63, 3.8) is 0 Å². The molecule has 2 rings (SSSR count). The molecule has 1 aromatic rings. The van der Waals surface area contributed by atoms with E-state index in [1.807, 2.05) is 6.92 Å². The Morgan fingerprint density at radius 1 is 1.32 bits per heavy atom. The summed E-state index contributed by atoms with van der Waals surface area (Å²) in [4.78, 5) is 11.9. The van der Waals surface area contributed by atoms with Crippen molar-refractivity contribution in [2.45, 2.75) is 19.4 Å². The van der Waals surface area contributed by atoms with Crippen molar-refractivity contribution in [2.75, 3.05) is 13.1 Å². The lowest BCUT2D eigenvalue weighted by atomic mass is 9.95. The van der Waals surface area contributed by atoms with Crippen LogP contribution in [-0.2, 0) is 0 Å². The van der Waals surface area contributed by atoms with Gasteiger partial charge in [-0.05, 0) is 37.6 Å². The Kier molecular flexibility index (Phi) is 5.69. The molecule has 106 valence electrons. The van der Waals surface area contributed by atoms with Crippen LogP contribution in [0.25, 0.3) is 0 Å². The molecule has 2 N–H and O–H groups in total. The molecule has 1 aliphatic rings. The Labute approximate surface area is 117 Å². The second-order valence-corrected chi connectivity index (χ2v) is 4.71. The highest BCUT2D eigenvalue weighted by molar-refractivity contribution is 5.94. The van der Waals surface area contributed by atoms with Crippen molar-refractivity contribution in [1.29, 1.82) is 0 Å². The highest BCUT2D eigenvalue weighted by Gasteiger charge is 2.23. The molecule has 1 aliphatic heterocycles. The van der Waals surface area contributed by atoms with Crippen LogP contribution >= 0.6 is 12.4 Å². The fourth-order valence-electron chi connectivity index (χ4n) is 2.17. The lowest BCUT2D eigenvalue weighted by molar-refractivity contribution is 0.0913. The van der Waals surface area contributed by atoms with E-state index in [2.05, 4.69) is 10.6 Å². The molecule has 0 aliphatic carbocycles. The van der Waals surface area contributed by atoms with Gasteiger partial charge in [0.1, 0.15) is 11.6 Å². The van der Waals surface area contributed by atoms with Crippen LogP contribution in [0.4, 0.5) is 8.78 Å². The first-order chi connectivity index (χ1) is 8.56. The Balaban J connectivity index is 0.00000180. The number of hydrogen-bond acceptors (Lipinski definition) is 2. The van der Waals surface area contributed by atoms with Crippen LogP contribution < -0.4 is 10.6 Å². The summed E-state index contributed by atoms with van der Waals surface area (Å²) in [5.41, 5.74) is 0.0261. The van der Waals surface area contributed by atoms with E-state index in [4.69, 9.17) is 0 Å². The Hall–Kier alpha value is -1.20. The van der Waals surface area contributed by atoms with Crippen LogP contribution in [0.5, 0.6) is 0 Å². The number of amides is 1. The number of nitrogens with one attached hydrogen (secondary N) is 2. The number of piperidine rings is 1. The van der Waals surface area contributed by atoms with Gasteiger partial charge in [-0.15, -0.1) is 12.4 Å². The van der Waals surface area contributed by atoms with E-state index in [0.717, 1.165) is 37.7 Å². The fraction of sp³-hybridized carbons (Fsp3) is 0.462. The van der Waals surface area contributed by atoms with Gasteiger partial charge >= 0.3 is 0 Å². The lowest BCUT2D eigenvalue weighted by Gasteiger charge is -2.30. The number of carbonyl (C=O) groups excluding carboxylic acids is 1. The molecular weight excluding hydrogens is 274 g/mol. The molecule has 1 amide bonds. The van der Waals surface area contributed by atoms with Gasteiger partial charge in [0.15, 0.2) is 0 Å². The number of hydrogen-bond donors (Lipinski definition) is 2. The van der Waals surface area contributed by atoms with Crippen molar-refractivity contribution in [1.82, 2.24) is 10.6 Å². The zero-order valence-electron chi connectivity index (χ0n) is 10.6. The monoisotopic (exact) mass is 290 g/mol. The molecule has 2 atom stereocenters. The Morgan fingerprint density at radius 2 is 1.95 bits per heavy atom. The number of halogens is 3. The van der Waals surface area contributed by atoms with Gasteiger partial charge in [-0.1, -0.05) is 6.92 Å². The summed E-state index contributed by atoms with van der Waals surface area (Å²) in [5, 5.41) is 6.05. The van der Waals surface area contributed by atoms with Gasteiger partial charge in [0.05, 0.1) is 0 Å². The van der Waals surface area contributed by atoms with E-state index in [-0.39, 0.29) is 24.0 Å². The van der Waals surface area contributed by atoms with Crippen LogP contribution in [0.1, 0.15) is 23.7 Å². The summed E-state index contributed by atoms with van der Waals surface area (Å²) in [5.74, 6) is -1.59. The third-order valence-corrected chi connectivity index (χ3v) is 3.23. The first-order valence-corrected chi connectivity index (χ1v) is 6.04. The summed E-state index contributed by atoms with van der Waals surface area (Å²) in [6.07, 6.45) is 0.824. The summed E-state index contributed by atoms with van der Waals surface area (Å²) >= 11 is 0. The third-order valence-electron chi connectivity index (χ3n) is 3.23. The molecule has 2 unspecified atom stereocenters. The molecule has 1 heterocycles. The van der Waals surface area contributed by atoms with Crippen LogP contribution in [-0.4, -0.2) is 25.0 Å². The van der Waals surface area contributed by atoms with Gasteiger partial charge in [-0.2, -0.15) is 0 Å². The topological polar surface area (TPSA) is 41.1 Å². The standard InChI is InChI=1S/C13H16F2N2O.ClH/c1-8-7-16-3-2-12(8)17-13(18)9-4-10(14)6-11(15)5-9;/h4-6,8,12,16H,2-3,7H2,1H3,(H,17,18);1H. The summed E-state index contributed by atoms with van der Waals surface area (Å²) < 4.78 is 26.0. The van der Waals surface area contributed by atoms with E-state index >= 15 is 0 Å². The molecule has 1 aromatic carbocycles.